The van der Waals surface area contributed by atoms with Crippen molar-refractivity contribution in [3.05, 3.63) is 68.2 Å². The molecule has 3 amide bonds. The first kappa shape index (κ1) is 18.5. The lowest BCUT2D eigenvalue weighted by atomic mass is 10.2. The van der Waals surface area contributed by atoms with E-state index in [4.69, 9.17) is 23.2 Å². The third-order valence-electron chi connectivity index (χ3n) is 3.13. The standard InChI is InChI=1S/C15H12Cl2N4O4/c1-20(11-7-2-3-8-12(11)21(24)25)19-15(23)18-14(22)13-9(16)5-4-6-10(13)17/h2-8H,1H3,(H2,18,19,22,23). The van der Waals surface area contributed by atoms with Gasteiger partial charge in [-0.25, -0.2) is 10.2 Å². The van der Waals surface area contributed by atoms with Crippen LogP contribution in [0.3, 0.4) is 0 Å². The maximum absolute atomic E-state index is 12.1. The Morgan fingerprint density at radius 3 is 2.28 bits per heavy atom. The third-order valence-corrected chi connectivity index (χ3v) is 3.76. The molecule has 130 valence electrons. The maximum Gasteiger partial charge on any atom is 0.340 e. The van der Waals surface area contributed by atoms with Gasteiger partial charge in [-0.15, -0.1) is 0 Å². The van der Waals surface area contributed by atoms with Gasteiger partial charge in [-0.2, -0.15) is 0 Å². The summed E-state index contributed by atoms with van der Waals surface area (Å²) in [6, 6.07) is 9.39. The van der Waals surface area contributed by atoms with Gasteiger partial charge in [0.25, 0.3) is 11.6 Å². The fourth-order valence-corrected chi connectivity index (χ4v) is 2.59. The van der Waals surface area contributed by atoms with Crippen molar-refractivity contribution < 1.29 is 14.5 Å². The van der Waals surface area contributed by atoms with E-state index in [0.29, 0.717) is 0 Å². The predicted molar refractivity (Wildman–Crippen MR) is 94.0 cm³/mol. The van der Waals surface area contributed by atoms with Crippen LogP contribution in [0.1, 0.15) is 10.4 Å². The van der Waals surface area contributed by atoms with Crippen molar-refractivity contribution in [2.24, 2.45) is 0 Å². The van der Waals surface area contributed by atoms with Crippen molar-refractivity contribution in [1.82, 2.24) is 10.7 Å². The molecule has 2 aromatic carbocycles. The Labute approximate surface area is 152 Å². The van der Waals surface area contributed by atoms with Crippen LogP contribution in [0, 0.1) is 10.1 Å². The van der Waals surface area contributed by atoms with E-state index in [1.807, 2.05) is 0 Å². The molecule has 0 aliphatic heterocycles. The summed E-state index contributed by atoms with van der Waals surface area (Å²) in [7, 11) is 1.40. The van der Waals surface area contributed by atoms with Gasteiger partial charge in [0.15, 0.2) is 0 Å². The van der Waals surface area contributed by atoms with Crippen LogP contribution in [0.25, 0.3) is 0 Å². The first-order valence-electron chi connectivity index (χ1n) is 6.84. The Kier molecular flexibility index (Phi) is 5.79. The molecule has 2 N–H and O–H groups in total. The van der Waals surface area contributed by atoms with Crippen molar-refractivity contribution in [2.45, 2.75) is 0 Å². The quantitative estimate of drug-likeness (QED) is 0.622. The number of hydrazine groups is 1. The lowest BCUT2D eigenvalue weighted by Crippen LogP contribution is -2.47. The Hall–Kier alpha value is -2.84. The number of carbonyl (C=O) groups is 2. The van der Waals surface area contributed by atoms with Gasteiger partial charge in [-0.05, 0) is 18.2 Å². The van der Waals surface area contributed by atoms with Crippen molar-refractivity contribution in [1.29, 1.82) is 0 Å². The molecular weight excluding hydrogens is 371 g/mol. The number of nitro groups is 1. The van der Waals surface area contributed by atoms with Gasteiger partial charge in [0.1, 0.15) is 5.69 Å². The number of para-hydroxylation sites is 2. The smallest absolute Gasteiger partial charge is 0.281 e. The number of anilines is 1. The zero-order chi connectivity index (χ0) is 18.6. The topological polar surface area (TPSA) is 105 Å². The minimum absolute atomic E-state index is 0.0469. The van der Waals surface area contributed by atoms with Gasteiger partial charge in [-0.3, -0.25) is 25.2 Å². The molecule has 0 aliphatic rings. The molecule has 0 aromatic heterocycles. The number of nitrogens with one attached hydrogen (secondary N) is 2. The number of halogens is 2. The van der Waals surface area contributed by atoms with Crippen molar-refractivity contribution in [3.8, 4) is 0 Å². The number of carbonyl (C=O) groups excluding carboxylic acids is 2. The number of nitro benzene ring substituents is 1. The summed E-state index contributed by atoms with van der Waals surface area (Å²) in [6.45, 7) is 0. The minimum Gasteiger partial charge on any atom is -0.281 e. The van der Waals surface area contributed by atoms with E-state index >= 15 is 0 Å². The molecule has 0 atom stereocenters. The van der Waals surface area contributed by atoms with Gasteiger partial charge >= 0.3 is 6.03 Å². The highest BCUT2D eigenvalue weighted by atomic mass is 35.5. The van der Waals surface area contributed by atoms with E-state index < -0.39 is 16.9 Å². The van der Waals surface area contributed by atoms with Gasteiger partial charge < -0.3 is 0 Å². The number of hydrogen-bond acceptors (Lipinski definition) is 5. The first-order valence-corrected chi connectivity index (χ1v) is 7.60. The molecule has 0 unspecified atom stereocenters. The molecule has 0 heterocycles. The van der Waals surface area contributed by atoms with Crippen LogP contribution in [-0.4, -0.2) is 23.9 Å². The van der Waals surface area contributed by atoms with E-state index in [2.05, 4.69) is 10.7 Å². The van der Waals surface area contributed by atoms with E-state index in [1.54, 1.807) is 12.1 Å². The summed E-state index contributed by atoms with van der Waals surface area (Å²) in [4.78, 5) is 34.5. The Morgan fingerprint density at radius 2 is 1.68 bits per heavy atom. The molecule has 0 fully saturated rings. The Morgan fingerprint density at radius 1 is 1.08 bits per heavy atom. The number of rotatable bonds is 4. The highest BCUT2D eigenvalue weighted by Crippen LogP contribution is 2.26. The van der Waals surface area contributed by atoms with Gasteiger partial charge in [0.05, 0.1) is 20.5 Å². The van der Waals surface area contributed by atoms with E-state index in [-0.39, 0.29) is 27.0 Å². The minimum atomic E-state index is -0.901. The Balaban J connectivity index is 2.10. The molecule has 25 heavy (non-hydrogen) atoms. The molecule has 0 saturated heterocycles. The van der Waals surface area contributed by atoms with Crippen LogP contribution in [-0.2, 0) is 0 Å². The average Bonchev–Trinajstić information content (AvgIpc) is 2.54. The second-order valence-electron chi connectivity index (χ2n) is 4.80. The second kappa shape index (κ2) is 7.82. The number of benzene rings is 2. The summed E-state index contributed by atoms with van der Waals surface area (Å²) in [6.07, 6.45) is 0. The average molecular weight is 383 g/mol. The molecule has 2 aromatic rings. The fraction of sp³-hybridized carbons (Fsp3) is 0.0667. The van der Waals surface area contributed by atoms with Crippen LogP contribution in [0.15, 0.2) is 42.5 Å². The molecule has 0 radical (unpaired) electrons. The van der Waals surface area contributed by atoms with Crippen molar-refractivity contribution >= 4 is 46.5 Å². The number of nitrogens with zero attached hydrogens (tertiary/aromatic N) is 2. The van der Waals surface area contributed by atoms with Crippen molar-refractivity contribution in [3.63, 3.8) is 0 Å². The number of hydrogen-bond donors (Lipinski definition) is 2. The number of imide groups is 1. The SMILES string of the molecule is CN(NC(=O)NC(=O)c1c(Cl)cccc1Cl)c1ccccc1[N+](=O)[O-]. The monoisotopic (exact) mass is 382 g/mol. The summed E-state index contributed by atoms with van der Waals surface area (Å²) in [5.74, 6) is -0.802. The normalized spacial score (nSPS) is 10.0. The van der Waals surface area contributed by atoms with Crippen LogP contribution < -0.4 is 15.8 Å². The lowest BCUT2D eigenvalue weighted by Gasteiger charge is -2.20. The highest BCUT2D eigenvalue weighted by molar-refractivity contribution is 6.40. The van der Waals surface area contributed by atoms with Gasteiger partial charge in [0.2, 0.25) is 0 Å². The molecular formula is C15H12Cl2N4O4. The number of urea groups is 1. The summed E-state index contributed by atoms with van der Waals surface area (Å²) >= 11 is 11.8. The largest absolute Gasteiger partial charge is 0.340 e. The maximum atomic E-state index is 12.1. The third kappa shape index (κ3) is 4.37. The van der Waals surface area contributed by atoms with Crippen molar-refractivity contribution in [2.75, 3.05) is 12.1 Å². The van der Waals surface area contributed by atoms with Gasteiger partial charge in [-0.1, -0.05) is 41.4 Å². The molecule has 0 spiro atoms. The zero-order valence-corrected chi connectivity index (χ0v) is 14.3. The summed E-state index contributed by atoms with van der Waals surface area (Å²) in [5, 5.41) is 14.4. The van der Waals surface area contributed by atoms with E-state index in [9.17, 15) is 19.7 Å². The van der Waals surface area contributed by atoms with Gasteiger partial charge in [0, 0.05) is 13.1 Å². The molecule has 10 heteroatoms. The molecule has 2 rings (SSSR count). The Bertz CT molecular complexity index is 824. The fourth-order valence-electron chi connectivity index (χ4n) is 2.02. The van der Waals surface area contributed by atoms with Crippen LogP contribution in [0.4, 0.5) is 16.2 Å². The second-order valence-corrected chi connectivity index (χ2v) is 5.61. The summed E-state index contributed by atoms with van der Waals surface area (Å²) in [5.41, 5.74) is 2.20. The molecule has 0 aliphatic carbocycles. The molecule has 0 saturated carbocycles. The van der Waals surface area contributed by atoms with E-state index in [0.717, 1.165) is 5.01 Å². The summed E-state index contributed by atoms with van der Waals surface area (Å²) < 4.78 is 0. The van der Waals surface area contributed by atoms with Crippen LogP contribution >= 0.6 is 23.2 Å². The zero-order valence-electron chi connectivity index (χ0n) is 12.8. The highest BCUT2D eigenvalue weighted by Gasteiger charge is 2.20. The lowest BCUT2D eigenvalue weighted by molar-refractivity contribution is -0.384. The molecule has 8 nitrogen and oxygen atoms in total. The number of amides is 3. The predicted octanol–water partition coefficient (Wildman–Crippen LogP) is 3.39. The van der Waals surface area contributed by atoms with Crippen LogP contribution in [0.2, 0.25) is 10.0 Å². The molecule has 0 bridgehead atoms. The van der Waals surface area contributed by atoms with Crippen LogP contribution in [0.5, 0.6) is 0 Å². The van der Waals surface area contributed by atoms with E-state index in [1.165, 1.54) is 37.4 Å². The first-order chi connectivity index (χ1) is 11.8.